The van der Waals surface area contributed by atoms with Crippen LogP contribution in [-0.4, -0.2) is 32.0 Å². The van der Waals surface area contributed by atoms with Gasteiger partial charge in [-0.15, -0.1) is 12.4 Å². The Morgan fingerprint density at radius 1 is 1.15 bits per heavy atom. The van der Waals surface area contributed by atoms with Gasteiger partial charge in [-0.05, 0) is 43.3 Å². The molecule has 2 aromatic rings. The molecule has 6 heteroatoms. The molecule has 2 aromatic carbocycles. The molecular formula is C20H24ClN3O2. The fraction of sp³-hybridized carbons (Fsp3) is 0.300. The Bertz CT molecular complexity index is 794. The zero-order valence-electron chi connectivity index (χ0n) is 15.0. The van der Waals surface area contributed by atoms with E-state index in [9.17, 15) is 9.59 Å². The topological polar surface area (TPSA) is 61.4 Å². The van der Waals surface area contributed by atoms with E-state index < -0.39 is 0 Å². The summed E-state index contributed by atoms with van der Waals surface area (Å²) in [5, 5.41) is 5.87. The minimum Gasteiger partial charge on any atom is -0.326 e. The van der Waals surface area contributed by atoms with Crippen LogP contribution in [0.2, 0.25) is 0 Å². The van der Waals surface area contributed by atoms with E-state index in [1.165, 1.54) is 5.56 Å². The van der Waals surface area contributed by atoms with Crippen molar-refractivity contribution in [3.05, 3.63) is 59.7 Å². The molecule has 0 saturated carbocycles. The molecule has 2 amide bonds. The number of rotatable bonds is 5. The van der Waals surface area contributed by atoms with E-state index in [0.717, 1.165) is 12.1 Å². The maximum absolute atomic E-state index is 12.9. The van der Waals surface area contributed by atoms with Gasteiger partial charge in [0.05, 0.1) is 0 Å². The highest BCUT2D eigenvalue weighted by atomic mass is 35.5. The first-order valence-corrected chi connectivity index (χ1v) is 8.55. The van der Waals surface area contributed by atoms with Crippen LogP contribution in [0.5, 0.6) is 0 Å². The van der Waals surface area contributed by atoms with Gasteiger partial charge in [0.1, 0.15) is 0 Å². The summed E-state index contributed by atoms with van der Waals surface area (Å²) < 4.78 is 0. The van der Waals surface area contributed by atoms with E-state index in [0.29, 0.717) is 24.3 Å². The van der Waals surface area contributed by atoms with Gasteiger partial charge < -0.3 is 15.5 Å². The number of carbonyl (C=O) groups excluding carboxylic acids is 2. The summed E-state index contributed by atoms with van der Waals surface area (Å²) >= 11 is 0. The molecule has 0 saturated heterocycles. The van der Waals surface area contributed by atoms with Crippen molar-refractivity contribution in [1.82, 2.24) is 5.32 Å². The number of anilines is 2. The lowest BCUT2D eigenvalue weighted by molar-refractivity contribution is -0.119. The molecule has 1 aliphatic heterocycles. The number of hydrogen-bond donors (Lipinski definition) is 2. The van der Waals surface area contributed by atoms with Crippen molar-refractivity contribution in [2.24, 2.45) is 5.92 Å². The molecule has 138 valence electrons. The van der Waals surface area contributed by atoms with Gasteiger partial charge in [-0.1, -0.05) is 31.2 Å². The molecule has 1 aliphatic rings. The summed E-state index contributed by atoms with van der Waals surface area (Å²) in [6, 6.07) is 15.1. The third-order valence-electron chi connectivity index (χ3n) is 4.47. The second kappa shape index (κ2) is 8.83. The van der Waals surface area contributed by atoms with Crippen molar-refractivity contribution in [3.63, 3.8) is 0 Å². The van der Waals surface area contributed by atoms with Crippen LogP contribution in [0.25, 0.3) is 0 Å². The maximum Gasteiger partial charge on any atom is 0.258 e. The van der Waals surface area contributed by atoms with Crippen molar-refractivity contribution in [2.45, 2.75) is 13.3 Å². The average molecular weight is 374 g/mol. The Morgan fingerprint density at radius 3 is 2.69 bits per heavy atom. The SMILES string of the molecule is CNCC(C)C(=O)Nc1cccc(C(=O)N2CCc3ccccc32)c1.Cl. The Kier molecular flexibility index (Phi) is 6.77. The number of benzene rings is 2. The van der Waals surface area contributed by atoms with Gasteiger partial charge in [0.2, 0.25) is 5.91 Å². The first-order valence-electron chi connectivity index (χ1n) is 8.55. The van der Waals surface area contributed by atoms with E-state index in [1.807, 2.05) is 32.2 Å². The predicted molar refractivity (Wildman–Crippen MR) is 107 cm³/mol. The van der Waals surface area contributed by atoms with Crippen molar-refractivity contribution >= 4 is 35.6 Å². The maximum atomic E-state index is 12.9. The van der Waals surface area contributed by atoms with Crippen LogP contribution >= 0.6 is 12.4 Å². The van der Waals surface area contributed by atoms with E-state index in [-0.39, 0.29) is 30.1 Å². The molecule has 1 heterocycles. The van der Waals surface area contributed by atoms with Crippen LogP contribution in [-0.2, 0) is 11.2 Å². The first-order chi connectivity index (χ1) is 12.1. The summed E-state index contributed by atoms with van der Waals surface area (Å²) in [6.07, 6.45) is 0.875. The Labute approximate surface area is 160 Å². The Hall–Kier alpha value is -2.37. The lowest BCUT2D eigenvalue weighted by Crippen LogP contribution is -2.30. The molecule has 0 spiro atoms. The van der Waals surface area contributed by atoms with Crippen molar-refractivity contribution < 1.29 is 9.59 Å². The highest BCUT2D eigenvalue weighted by molar-refractivity contribution is 6.08. The predicted octanol–water partition coefficient (Wildman–Crippen LogP) is 3.11. The van der Waals surface area contributed by atoms with Gasteiger partial charge in [-0.25, -0.2) is 0 Å². The van der Waals surface area contributed by atoms with Crippen LogP contribution in [0.4, 0.5) is 11.4 Å². The third kappa shape index (κ3) is 4.23. The normalized spacial score (nSPS) is 13.5. The van der Waals surface area contributed by atoms with Crippen LogP contribution in [0.15, 0.2) is 48.5 Å². The fourth-order valence-electron chi connectivity index (χ4n) is 3.10. The molecule has 0 radical (unpaired) electrons. The molecule has 3 rings (SSSR count). The minimum atomic E-state index is -0.144. The van der Waals surface area contributed by atoms with Crippen molar-refractivity contribution in [1.29, 1.82) is 0 Å². The second-order valence-electron chi connectivity index (χ2n) is 6.36. The molecule has 0 fully saturated rings. The van der Waals surface area contributed by atoms with E-state index in [4.69, 9.17) is 0 Å². The number of nitrogens with zero attached hydrogens (tertiary/aromatic N) is 1. The molecule has 0 aromatic heterocycles. The van der Waals surface area contributed by atoms with Crippen molar-refractivity contribution in [2.75, 3.05) is 30.4 Å². The van der Waals surface area contributed by atoms with Crippen LogP contribution < -0.4 is 15.5 Å². The molecule has 26 heavy (non-hydrogen) atoms. The number of fused-ring (bicyclic) bond motifs is 1. The van der Waals surface area contributed by atoms with Gasteiger partial charge >= 0.3 is 0 Å². The number of nitrogens with one attached hydrogen (secondary N) is 2. The summed E-state index contributed by atoms with van der Waals surface area (Å²) in [6.45, 7) is 3.16. The number of carbonyl (C=O) groups is 2. The lowest BCUT2D eigenvalue weighted by Gasteiger charge is -2.18. The van der Waals surface area contributed by atoms with Gasteiger partial charge in [0, 0.05) is 35.9 Å². The summed E-state index contributed by atoms with van der Waals surface area (Å²) in [5.74, 6) is -0.246. The zero-order chi connectivity index (χ0) is 17.8. The molecule has 5 nitrogen and oxygen atoms in total. The number of halogens is 1. The minimum absolute atomic E-state index is 0. The molecule has 0 aliphatic carbocycles. The van der Waals surface area contributed by atoms with Crippen LogP contribution in [0.1, 0.15) is 22.8 Å². The van der Waals surface area contributed by atoms with Crippen molar-refractivity contribution in [3.8, 4) is 0 Å². The highest BCUT2D eigenvalue weighted by Crippen LogP contribution is 2.29. The highest BCUT2D eigenvalue weighted by Gasteiger charge is 2.25. The van der Waals surface area contributed by atoms with Crippen LogP contribution in [0.3, 0.4) is 0 Å². The first kappa shape index (κ1) is 19.9. The van der Waals surface area contributed by atoms with Gasteiger partial charge in [0.25, 0.3) is 5.91 Å². The van der Waals surface area contributed by atoms with Gasteiger partial charge in [-0.2, -0.15) is 0 Å². The summed E-state index contributed by atoms with van der Waals surface area (Å²) in [4.78, 5) is 26.8. The molecule has 2 N–H and O–H groups in total. The van der Waals surface area contributed by atoms with E-state index >= 15 is 0 Å². The number of amides is 2. The number of para-hydroxylation sites is 1. The fourth-order valence-corrected chi connectivity index (χ4v) is 3.10. The largest absolute Gasteiger partial charge is 0.326 e. The molecule has 1 atom stereocenters. The summed E-state index contributed by atoms with van der Waals surface area (Å²) in [7, 11) is 1.82. The number of hydrogen-bond acceptors (Lipinski definition) is 3. The van der Waals surface area contributed by atoms with Gasteiger partial charge in [-0.3, -0.25) is 9.59 Å². The standard InChI is InChI=1S/C20H23N3O2.ClH/c1-14(13-21-2)19(24)22-17-8-5-7-16(12-17)20(25)23-11-10-15-6-3-4-9-18(15)23;/h3-9,12,14,21H,10-11,13H2,1-2H3,(H,22,24);1H. The van der Waals surface area contributed by atoms with E-state index in [1.54, 1.807) is 29.2 Å². The van der Waals surface area contributed by atoms with E-state index in [2.05, 4.69) is 16.7 Å². The lowest BCUT2D eigenvalue weighted by atomic mass is 10.1. The Balaban J connectivity index is 0.00000243. The second-order valence-corrected chi connectivity index (χ2v) is 6.36. The van der Waals surface area contributed by atoms with Gasteiger partial charge in [0.15, 0.2) is 0 Å². The summed E-state index contributed by atoms with van der Waals surface area (Å²) in [5.41, 5.74) is 3.40. The third-order valence-corrected chi connectivity index (χ3v) is 4.47. The van der Waals surface area contributed by atoms with Crippen LogP contribution in [0, 0.1) is 5.92 Å². The molecule has 0 bridgehead atoms. The smallest absolute Gasteiger partial charge is 0.258 e. The molecule has 1 unspecified atom stereocenters. The zero-order valence-corrected chi connectivity index (χ0v) is 15.8. The molecular weight excluding hydrogens is 350 g/mol. The monoisotopic (exact) mass is 373 g/mol. The quantitative estimate of drug-likeness (QED) is 0.846. The Morgan fingerprint density at radius 2 is 1.92 bits per heavy atom. The average Bonchev–Trinajstić information content (AvgIpc) is 3.05.